The Morgan fingerprint density at radius 2 is 2.06 bits per heavy atom. The van der Waals surface area contributed by atoms with Gasteiger partial charge in [0, 0.05) is 59.1 Å². The summed E-state index contributed by atoms with van der Waals surface area (Å²) in [5.41, 5.74) is 9.75. The summed E-state index contributed by atoms with van der Waals surface area (Å²) in [6.45, 7) is 6.56. The lowest BCUT2D eigenvalue weighted by atomic mass is 9.82. The zero-order chi connectivity index (χ0) is 23.9. The van der Waals surface area contributed by atoms with Crippen LogP contribution in [0.1, 0.15) is 37.9 Å². The first-order valence-corrected chi connectivity index (χ1v) is 12.0. The molecule has 2 aliphatic heterocycles. The molecule has 2 aromatic heterocycles. The third-order valence-corrected chi connectivity index (χ3v) is 7.07. The maximum absolute atomic E-state index is 12.5. The van der Waals surface area contributed by atoms with Crippen molar-refractivity contribution in [2.24, 2.45) is 0 Å². The number of rotatable bonds is 5. The van der Waals surface area contributed by atoms with Crippen LogP contribution in [0.2, 0.25) is 5.02 Å². The van der Waals surface area contributed by atoms with Gasteiger partial charge in [-0.05, 0) is 44.9 Å². The summed E-state index contributed by atoms with van der Waals surface area (Å²) in [5.74, 6) is 0.819. The maximum Gasteiger partial charge on any atom is 0.317 e. The predicted molar refractivity (Wildman–Crippen MR) is 132 cm³/mol. The molecule has 34 heavy (non-hydrogen) atoms. The van der Waals surface area contributed by atoms with Crippen molar-refractivity contribution in [3.05, 3.63) is 58.9 Å². The molecular weight excluding hydrogens is 452 g/mol. The molecule has 4 heterocycles. The van der Waals surface area contributed by atoms with Crippen molar-refractivity contribution in [3.8, 4) is 17.0 Å². The summed E-state index contributed by atoms with van der Waals surface area (Å²) in [7, 11) is 0. The van der Waals surface area contributed by atoms with Crippen LogP contribution in [-0.4, -0.2) is 44.8 Å². The lowest BCUT2D eigenvalue weighted by Crippen LogP contribution is -2.43. The first-order valence-electron chi connectivity index (χ1n) is 11.6. The van der Waals surface area contributed by atoms with Gasteiger partial charge in [0.1, 0.15) is 6.61 Å². The Bertz CT molecular complexity index is 1230. The number of amides is 2. The number of carbonyl (C=O) groups is 1. The maximum atomic E-state index is 12.5. The van der Waals surface area contributed by atoms with E-state index in [1.807, 2.05) is 49.1 Å². The molecule has 1 unspecified atom stereocenters. The number of anilines is 1. The largest absolute Gasteiger partial charge is 0.485 e. The van der Waals surface area contributed by atoms with Gasteiger partial charge >= 0.3 is 6.03 Å². The van der Waals surface area contributed by atoms with E-state index in [0.29, 0.717) is 29.7 Å². The van der Waals surface area contributed by atoms with Crippen LogP contribution >= 0.6 is 11.6 Å². The molecule has 0 radical (unpaired) electrons. The lowest BCUT2D eigenvalue weighted by Gasteiger charge is -2.24. The first kappa shape index (κ1) is 22.5. The lowest BCUT2D eigenvalue weighted by molar-refractivity contribution is 0.203. The van der Waals surface area contributed by atoms with Gasteiger partial charge in [-0.15, -0.1) is 0 Å². The molecule has 178 valence electrons. The van der Waals surface area contributed by atoms with E-state index >= 15 is 0 Å². The summed E-state index contributed by atoms with van der Waals surface area (Å²) >= 11 is 6.25. The van der Waals surface area contributed by atoms with Crippen molar-refractivity contribution < 1.29 is 9.53 Å². The SMILES string of the molecule is CC(C)NC(=O)N1CCC2(CCn3nc(-c4cnc(N)c(OCc5ccccc5Cl)c4)cc32)C1. The van der Waals surface area contributed by atoms with Crippen molar-refractivity contribution in [2.75, 3.05) is 18.8 Å². The van der Waals surface area contributed by atoms with Crippen molar-refractivity contribution >= 4 is 23.4 Å². The molecule has 1 saturated heterocycles. The highest BCUT2D eigenvalue weighted by molar-refractivity contribution is 6.31. The second kappa shape index (κ2) is 8.83. The van der Waals surface area contributed by atoms with Crippen LogP contribution in [0.4, 0.5) is 10.6 Å². The quantitative estimate of drug-likeness (QED) is 0.569. The summed E-state index contributed by atoms with van der Waals surface area (Å²) in [5, 5.41) is 8.50. The molecule has 0 aliphatic carbocycles. The Morgan fingerprint density at radius 3 is 2.85 bits per heavy atom. The Balaban J connectivity index is 1.35. The molecule has 1 spiro atoms. The van der Waals surface area contributed by atoms with Gasteiger partial charge in [-0.25, -0.2) is 9.78 Å². The normalized spacial score (nSPS) is 19.1. The number of nitrogens with one attached hydrogen (secondary N) is 1. The van der Waals surface area contributed by atoms with Gasteiger partial charge in [0.2, 0.25) is 0 Å². The molecule has 9 heteroatoms. The number of hydrogen-bond donors (Lipinski definition) is 2. The number of benzene rings is 1. The first-order chi connectivity index (χ1) is 16.3. The number of nitrogens with zero attached hydrogens (tertiary/aromatic N) is 4. The summed E-state index contributed by atoms with van der Waals surface area (Å²) in [6, 6.07) is 11.7. The van der Waals surface area contributed by atoms with Gasteiger partial charge in [-0.3, -0.25) is 4.68 Å². The minimum absolute atomic E-state index is 0.00751. The third-order valence-electron chi connectivity index (χ3n) is 6.70. The van der Waals surface area contributed by atoms with Crippen LogP contribution in [0.15, 0.2) is 42.6 Å². The van der Waals surface area contributed by atoms with Crippen LogP contribution in [0.25, 0.3) is 11.3 Å². The smallest absolute Gasteiger partial charge is 0.317 e. The summed E-state index contributed by atoms with van der Waals surface area (Å²) in [6.07, 6.45) is 3.66. The second-order valence-electron chi connectivity index (χ2n) is 9.43. The molecule has 0 bridgehead atoms. The highest BCUT2D eigenvalue weighted by Gasteiger charge is 2.47. The van der Waals surface area contributed by atoms with E-state index in [9.17, 15) is 4.79 Å². The Hall–Kier alpha value is -3.26. The fraction of sp³-hybridized carbons (Fsp3) is 0.400. The molecule has 5 rings (SSSR count). The number of halogens is 1. The Kier molecular flexibility index (Phi) is 5.85. The van der Waals surface area contributed by atoms with E-state index in [2.05, 4.69) is 21.0 Å². The number of carbonyl (C=O) groups excluding carboxylic acids is 1. The van der Waals surface area contributed by atoms with E-state index in [1.54, 1.807) is 6.20 Å². The molecule has 3 aromatic rings. The van der Waals surface area contributed by atoms with Crippen molar-refractivity contribution in [1.29, 1.82) is 0 Å². The molecular formula is C25H29ClN6O2. The van der Waals surface area contributed by atoms with Gasteiger partial charge in [0.25, 0.3) is 0 Å². The molecule has 8 nitrogen and oxygen atoms in total. The molecule has 1 aromatic carbocycles. The average molecular weight is 481 g/mol. The van der Waals surface area contributed by atoms with Crippen molar-refractivity contribution in [1.82, 2.24) is 25.0 Å². The highest BCUT2D eigenvalue weighted by atomic mass is 35.5. The van der Waals surface area contributed by atoms with Crippen molar-refractivity contribution in [2.45, 2.75) is 51.3 Å². The number of urea groups is 1. The van der Waals surface area contributed by atoms with Gasteiger partial charge in [0.05, 0.1) is 5.69 Å². The van der Waals surface area contributed by atoms with Gasteiger partial charge in [0.15, 0.2) is 11.6 Å². The minimum Gasteiger partial charge on any atom is -0.485 e. The molecule has 3 N–H and O–H groups in total. The number of aryl methyl sites for hydroxylation is 1. The number of likely N-dealkylation sites (tertiary alicyclic amines) is 1. The van der Waals surface area contributed by atoms with E-state index in [4.69, 9.17) is 27.2 Å². The van der Waals surface area contributed by atoms with Crippen LogP contribution in [0.5, 0.6) is 5.75 Å². The number of nitrogen functional groups attached to an aromatic ring is 1. The number of fused-ring (bicyclic) bond motifs is 2. The fourth-order valence-electron chi connectivity index (χ4n) is 4.88. The minimum atomic E-state index is -0.0514. The number of hydrogen-bond acceptors (Lipinski definition) is 5. The zero-order valence-corrected chi connectivity index (χ0v) is 20.2. The van der Waals surface area contributed by atoms with Gasteiger partial charge in [-0.2, -0.15) is 5.10 Å². The van der Waals surface area contributed by atoms with Crippen LogP contribution in [-0.2, 0) is 18.6 Å². The van der Waals surface area contributed by atoms with Crippen LogP contribution in [0.3, 0.4) is 0 Å². The number of nitrogens with two attached hydrogens (primary N) is 1. The summed E-state index contributed by atoms with van der Waals surface area (Å²) in [4.78, 5) is 18.8. The topological polar surface area (TPSA) is 98.3 Å². The predicted octanol–water partition coefficient (Wildman–Crippen LogP) is 4.22. The standard InChI is InChI=1S/C25H29ClN6O2/c1-16(2)29-24(33)31-9-7-25(15-31)8-10-32-22(25)12-20(30-32)18-11-21(23(27)28-13-18)34-14-17-5-3-4-6-19(17)26/h3-6,11-13,16H,7-10,14-15H2,1-2H3,(H2,27,28)(H,29,33). The Morgan fingerprint density at radius 1 is 1.26 bits per heavy atom. The van der Waals surface area contributed by atoms with E-state index < -0.39 is 0 Å². The molecule has 2 amide bonds. The zero-order valence-electron chi connectivity index (χ0n) is 19.4. The molecule has 0 saturated carbocycles. The van der Waals surface area contributed by atoms with Crippen molar-refractivity contribution in [3.63, 3.8) is 0 Å². The van der Waals surface area contributed by atoms with Crippen LogP contribution in [0, 0.1) is 0 Å². The fourth-order valence-corrected chi connectivity index (χ4v) is 5.07. The van der Waals surface area contributed by atoms with Crippen LogP contribution < -0.4 is 15.8 Å². The van der Waals surface area contributed by atoms with E-state index in [-0.39, 0.29) is 17.5 Å². The van der Waals surface area contributed by atoms with E-state index in [1.165, 1.54) is 5.69 Å². The number of aromatic nitrogens is 3. The second-order valence-corrected chi connectivity index (χ2v) is 9.84. The number of ether oxygens (including phenoxy) is 1. The highest BCUT2D eigenvalue weighted by Crippen LogP contribution is 2.44. The average Bonchev–Trinajstić information content (AvgIpc) is 3.51. The molecule has 1 fully saturated rings. The van der Waals surface area contributed by atoms with E-state index in [0.717, 1.165) is 42.8 Å². The van der Waals surface area contributed by atoms with Gasteiger partial charge in [-0.1, -0.05) is 29.8 Å². The monoisotopic (exact) mass is 480 g/mol. The summed E-state index contributed by atoms with van der Waals surface area (Å²) < 4.78 is 8.02. The molecule has 1 atom stereocenters. The van der Waals surface area contributed by atoms with Gasteiger partial charge < -0.3 is 20.7 Å². The third kappa shape index (κ3) is 4.18. The Labute approximate surface area is 204 Å². The molecule has 2 aliphatic rings. The number of pyridine rings is 1.